The molecule has 16 heavy (non-hydrogen) atoms. The van der Waals surface area contributed by atoms with Crippen LogP contribution in [0.2, 0.25) is 0 Å². The molecule has 0 amide bonds. The number of hydrogen-bond acceptors (Lipinski definition) is 4. The van der Waals surface area contributed by atoms with Crippen LogP contribution in [0, 0.1) is 6.92 Å². The molecule has 4 heteroatoms. The van der Waals surface area contributed by atoms with Crippen molar-refractivity contribution < 1.29 is 0 Å². The van der Waals surface area contributed by atoms with Crippen LogP contribution in [-0.2, 0) is 0 Å². The minimum absolute atomic E-state index is 0.771. The summed E-state index contributed by atoms with van der Waals surface area (Å²) in [6.07, 6.45) is 0. The maximum absolute atomic E-state index is 5.73. The lowest BCUT2D eigenvalue weighted by atomic mass is 10.3. The van der Waals surface area contributed by atoms with E-state index < -0.39 is 0 Å². The van der Waals surface area contributed by atoms with Crippen LogP contribution in [-0.4, -0.2) is 35.3 Å². The van der Waals surface area contributed by atoms with Gasteiger partial charge in [-0.2, -0.15) is 0 Å². The average molecular weight is 239 g/mol. The zero-order chi connectivity index (χ0) is 12.0. The van der Waals surface area contributed by atoms with Crippen LogP contribution in [0.4, 0.5) is 5.69 Å². The van der Waals surface area contributed by atoms with Crippen LogP contribution in [0.1, 0.15) is 19.5 Å². The van der Waals surface area contributed by atoms with Crippen molar-refractivity contribution in [2.24, 2.45) is 0 Å². The summed E-state index contributed by atoms with van der Waals surface area (Å²) in [5.41, 5.74) is 7.42. The molecule has 0 saturated heterocycles. The molecule has 0 saturated carbocycles. The summed E-state index contributed by atoms with van der Waals surface area (Å²) < 4.78 is 0. The van der Waals surface area contributed by atoms with Gasteiger partial charge in [-0.05, 0) is 32.1 Å². The summed E-state index contributed by atoms with van der Waals surface area (Å²) in [7, 11) is 0. The fraction of sp³-hybridized carbons (Fsp3) is 0.583. The first-order valence-electron chi connectivity index (χ1n) is 5.75. The number of pyridine rings is 1. The van der Waals surface area contributed by atoms with Gasteiger partial charge in [-0.1, -0.05) is 13.8 Å². The summed E-state index contributed by atoms with van der Waals surface area (Å²) in [6.45, 7) is 9.68. The quantitative estimate of drug-likeness (QED) is 0.774. The third kappa shape index (κ3) is 4.02. The number of thioether (sulfide) groups is 1. The lowest BCUT2D eigenvalue weighted by Crippen LogP contribution is -2.25. The molecule has 1 aromatic heterocycles. The normalized spacial score (nSPS) is 11.0. The minimum atomic E-state index is 0.771. The average Bonchev–Trinajstić information content (AvgIpc) is 2.29. The zero-order valence-corrected chi connectivity index (χ0v) is 11.2. The Morgan fingerprint density at radius 1 is 1.31 bits per heavy atom. The van der Waals surface area contributed by atoms with Gasteiger partial charge in [-0.15, -0.1) is 11.8 Å². The van der Waals surface area contributed by atoms with Crippen molar-refractivity contribution in [3.8, 4) is 0 Å². The number of nitrogen functional groups attached to an aromatic ring is 1. The van der Waals surface area contributed by atoms with E-state index in [2.05, 4.69) is 23.7 Å². The van der Waals surface area contributed by atoms with Crippen molar-refractivity contribution in [3.63, 3.8) is 0 Å². The molecule has 0 aromatic carbocycles. The van der Waals surface area contributed by atoms with Crippen molar-refractivity contribution in [1.29, 1.82) is 0 Å². The van der Waals surface area contributed by atoms with Gasteiger partial charge >= 0.3 is 0 Å². The first kappa shape index (κ1) is 13.3. The van der Waals surface area contributed by atoms with E-state index in [1.165, 1.54) is 0 Å². The van der Waals surface area contributed by atoms with E-state index in [0.717, 1.165) is 41.8 Å². The molecular weight excluding hydrogens is 218 g/mol. The van der Waals surface area contributed by atoms with Crippen LogP contribution >= 0.6 is 11.8 Å². The SMILES string of the molecule is CCN(CC)CCSc1ccc(N)c(C)n1. The summed E-state index contributed by atoms with van der Waals surface area (Å²) >= 11 is 1.79. The van der Waals surface area contributed by atoms with Gasteiger partial charge in [0.15, 0.2) is 0 Å². The van der Waals surface area contributed by atoms with Gasteiger partial charge < -0.3 is 10.6 Å². The Kier molecular flexibility index (Phi) is 5.63. The number of rotatable bonds is 6. The van der Waals surface area contributed by atoms with E-state index >= 15 is 0 Å². The standard InChI is InChI=1S/C12H21N3S/c1-4-15(5-2)8-9-16-12-7-6-11(13)10(3)14-12/h6-7H,4-5,8-9,13H2,1-3H3. The third-order valence-corrected chi connectivity index (χ3v) is 3.56. The molecule has 1 heterocycles. The predicted molar refractivity (Wildman–Crippen MR) is 71.9 cm³/mol. The highest BCUT2D eigenvalue weighted by Gasteiger charge is 2.02. The predicted octanol–water partition coefficient (Wildman–Crippen LogP) is 2.41. The molecular formula is C12H21N3S. The number of hydrogen-bond donors (Lipinski definition) is 1. The molecule has 90 valence electrons. The first-order chi connectivity index (χ1) is 7.67. The molecule has 0 radical (unpaired) electrons. The highest BCUT2D eigenvalue weighted by molar-refractivity contribution is 7.99. The van der Waals surface area contributed by atoms with Crippen LogP contribution in [0.15, 0.2) is 17.2 Å². The Labute approximate surface area is 102 Å². The molecule has 0 fully saturated rings. The number of aryl methyl sites for hydroxylation is 1. The molecule has 0 spiro atoms. The highest BCUT2D eigenvalue weighted by Crippen LogP contribution is 2.18. The van der Waals surface area contributed by atoms with Gasteiger partial charge in [0.1, 0.15) is 0 Å². The molecule has 0 bridgehead atoms. The molecule has 0 aliphatic carbocycles. The van der Waals surface area contributed by atoms with E-state index in [4.69, 9.17) is 5.73 Å². The van der Waals surface area contributed by atoms with Crippen molar-refractivity contribution in [2.75, 3.05) is 31.1 Å². The Hall–Kier alpha value is -0.740. The van der Waals surface area contributed by atoms with E-state index in [1.54, 1.807) is 11.8 Å². The zero-order valence-electron chi connectivity index (χ0n) is 10.4. The molecule has 1 aromatic rings. The molecule has 2 N–H and O–H groups in total. The number of nitrogens with zero attached hydrogens (tertiary/aromatic N) is 2. The Balaban J connectivity index is 2.40. The van der Waals surface area contributed by atoms with Crippen molar-refractivity contribution >= 4 is 17.4 Å². The molecule has 0 unspecified atom stereocenters. The van der Waals surface area contributed by atoms with Crippen molar-refractivity contribution in [1.82, 2.24) is 9.88 Å². The van der Waals surface area contributed by atoms with Gasteiger partial charge in [0.25, 0.3) is 0 Å². The van der Waals surface area contributed by atoms with Crippen LogP contribution in [0.5, 0.6) is 0 Å². The van der Waals surface area contributed by atoms with Crippen LogP contribution in [0.25, 0.3) is 0 Å². The largest absolute Gasteiger partial charge is 0.397 e. The second-order valence-corrected chi connectivity index (χ2v) is 4.81. The summed E-state index contributed by atoms with van der Waals surface area (Å²) in [5, 5.41) is 1.07. The lowest BCUT2D eigenvalue weighted by molar-refractivity contribution is 0.324. The Bertz CT molecular complexity index is 324. The topological polar surface area (TPSA) is 42.1 Å². The minimum Gasteiger partial charge on any atom is -0.397 e. The fourth-order valence-electron chi connectivity index (χ4n) is 1.45. The third-order valence-electron chi connectivity index (χ3n) is 2.65. The van der Waals surface area contributed by atoms with Crippen LogP contribution in [0.3, 0.4) is 0 Å². The highest BCUT2D eigenvalue weighted by atomic mass is 32.2. The maximum Gasteiger partial charge on any atom is 0.0965 e. The van der Waals surface area contributed by atoms with E-state index in [1.807, 2.05) is 19.1 Å². The fourth-order valence-corrected chi connectivity index (χ4v) is 2.37. The Morgan fingerprint density at radius 3 is 2.56 bits per heavy atom. The molecule has 0 aliphatic heterocycles. The van der Waals surface area contributed by atoms with Gasteiger partial charge in [0.2, 0.25) is 0 Å². The van der Waals surface area contributed by atoms with Gasteiger partial charge in [0, 0.05) is 12.3 Å². The molecule has 3 nitrogen and oxygen atoms in total. The number of aromatic nitrogens is 1. The van der Waals surface area contributed by atoms with Crippen molar-refractivity contribution in [3.05, 3.63) is 17.8 Å². The lowest BCUT2D eigenvalue weighted by Gasteiger charge is -2.17. The summed E-state index contributed by atoms with van der Waals surface area (Å²) in [5.74, 6) is 1.08. The Morgan fingerprint density at radius 2 is 2.00 bits per heavy atom. The van der Waals surface area contributed by atoms with Gasteiger partial charge in [-0.3, -0.25) is 0 Å². The van der Waals surface area contributed by atoms with E-state index in [-0.39, 0.29) is 0 Å². The monoisotopic (exact) mass is 239 g/mol. The smallest absolute Gasteiger partial charge is 0.0965 e. The number of nitrogens with two attached hydrogens (primary N) is 1. The molecule has 1 rings (SSSR count). The van der Waals surface area contributed by atoms with Gasteiger partial charge in [-0.25, -0.2) is 4.98 Å². The van der Waals surface area contributed by atoms with Crippen molar-refractivity contribution in [2.45, 2.75) is 25.8 Å². The van der Waals surface area contributed by atoms with Crippen LogP contribution < -0.4 is 5.73 Å². The van der Waals surface area contributed by atoms with Gasteiger partial charge in [0.05, 0.1) is 16.4 Å². The second-order valence-electron chi connectivity index (χ2n) is 3.70. The summed E-state index contributed by atoms with van der Waals surface area (Å²) in [4.78, 5) is 6.85. The maximum atomic E-state index is 5.73. The second kappa shape index (κ2) is 6.76. The summed E-state index contributed by atoms with van der Waals surface area (Å²) in [6, 6.07) is 3.93. The van der Waals surface area contributed by atoms with E-state index in [0.29, 0.717) is 0 Å². The number of anilines is 1. The first-order valence-corrected chi connectivity index (χ1v) is 6.74. The van der Waals surface area contributed by atoms with E-state index in [9.17, 15) is 0 Å². The molecule has 0 atom stereocenters. The molecule has 0 aliphatic rings.